The smallest absolute Gasteiger partial charge is 0.283 e. The molecule has 0 aliphatic heterocycles. The summed E-state index contributed by atoms with van der Waals surface area (Å²) in [4.78, 5) is 0. The van der Waals surface area contributed by atoms with E-state index >= 15 is 0 Å². The second kappa shape index (κ2) is 6.36. The van der Waals surface area contributed by atoms with Crippen LogP contribution in [0.1, 0.15) is 0 Å². The minimum Gasteiger partial charge on any atom is -0.283 e. The van der Waals surface area contributed by atoms with Gasteiger partial charge >= 0.3 is 57.1 Å². The molecular weight excluding hydrogens is 499 g/mol. The lowest BCUT2D eigenvalue weighted by Gasteiger charge is -2.47. The normalized spacial score (nSPS) is 20.2. The van der Waals surface area contributed by atoms with Crippen molar-refractivity contribution in [2.24, 2.45) is 0 Å². The number of hydrogen-bond acceptors (Lipinski definition) is 2. The molecule has 0 spiro atoms. The molecular formula is C8HF17O3S. The summed E-state index contributed by atoms with van der Waals surface area (Å²) in [5.41, 5.74) is -9.35. The van der Waals surface area contributed by atoms with Crippen LogP contribution >= 0.6 is 0 Å². The summed E-state index contributed by atoms with van der Waals surface area (Å²) in [5, 5.41) is -8.76. The quantitative estimate of drug-likeness (QED) is 0.435. The fourth-order valence-corrected chi connectivity index (χ4v) is 2.61. The van der Waals surface area contributed by atoms with Crippen LogP contribution in [0, 0.1) is 0 Å². The molecule has 0 aromatic heterocycles. The molecule has 29 heavy (non-hydrogen) atoms. The van der Waals surface area contributed by atoms with Gasteiger partial charge in [0.25, 0.3) is 0 Å². The number of hydrogen-bond donors (Lipinski definition) is 1. The molecule has 2 atom stereocenters. The molecule has 0 aliphatic carbocycles. The zero-order valence-corrected chi connectivity index (χ0v) is 12.9. The zero-order valence-electron chi connectivity index (χ0n) is 12.1. The lowest BCUT2D eigenvalue weighted by atomic mass is 9.80. The van der Waals surface area contributed by atoms with Crippen molar-refractivity contribution in [3.8, 4) is 0 Å². The van der Waals surface area contributed by atoms with Crippen LogP contribution in [0.2, 0.25) is 0 Å². The van der Waals surface area contributed by atoms with Crippen LogP contribution in [-0.4, -0.2) is 59.9 Å². The Morgan fingerprint density at radius 3 is 0.897 bits per heavy atom. The van der Waals surface area contributed by atoms with Gasteiger partial charge in [-0.25, -0.2) is 8.78 Å². The Morgan fingerprint density at radius 1 is 0.448 bits per heavy atom. The lowest BCUT2D eigenvalue weighted by Crippen LogP contribution is -2.82. The van der Waals surface area contributed by atoms with Crippen LogP contribution in [0.4, 0.5) is 74.6 Å². The summed E-state index contributed by atoms with van der Waals surface area (Å²) in [6.45, 7) is 0. The molecule has 0 radical (unpaired) electrons. The van der Waals surface area contributed by atoms with Crippen molar-refractivity contribution in [1.82, 2.24) is 0 Å². The van der Waals surface area contributed by atoms with Crippen molar-refractivity contribution in [2.75, 3.05) is 0 Å². The third kappa shape index (κ3) is 3.26. The Bertz CT molecular complexity index is 729. The van der Waals surface area contributed by atoms with E-state index < -0.39 is 57.1 Å². The molecule has 176 valence electrons. The number of halogens is 17. The van der Waals surface area contributed by atoms with Gasteiger partial charge < -0.3 is 0 Å². The van der Waals surface area contributed by atoms with Gasteiger partial charge in [-0.15, -0.1) is 0 Å². The summed E-state index contributed by atoms with van der Waals surface area (Å²) in [6.07, 6.45) is -24.9. The number of rotatable bonds is 5. The molecule has 0 aliphatic rings. The fourth-order valence-electron chi connectivity index (χ4n) is 1.71. The molecule has 0 aromatic rings. The molecule has 0 amide bonds. The van der Waals surface area contributed by atoms with Gasteiger partial charge in [0, 0.05) is 0 Å². The predicted molar refractivity (Wildman–Crippen MR) is 52.2 cm³/mol. The Labute approximate surface area is 146 Å². The Balaban J connectivity index is 7.96. The highest BCUT2D eigenvalue weighted by Gasteiger charge is 3.01. The fraction of sp³-hybridized carbons (Fsp3) is 1.00. The van der Waals surface area contributed by atoms with Gasteiger partial charge in [0.05, 0.1) is 0 Å². The molecule has 21 heteroatoms. The van der Waals surface area contributed by atoms with Gasteiger partial charge in [-0.2, -0.15) is 74.3 Å². The standard InChI is InChI=1S/C8HF17O3S/c9-1(3(12,13)6(17,18)19,2(10,11)4(14,15)7(20,21)22)5(16,8(23,24)25)29(26,27)28/h(H,26,27,28). The molecule has 0 fully saturated rings. The van der Waals surface area contributed by atoms with E-state index in [1.54, 1.807) is 0 Å². The molecule has 0 bridgehead atoms. The summed E-state index contributed by atoms with van der Waals surface area (Å²) in [7, 11) is -8.74. The minimum absolute atomic E-state index is 7.95. The predicted octanol–water partition coefficient (Wildman–Crippen LogP) is 4.84. The first-order valence-electron chi connectivity index (χ1n) is 5.68. The Hall–Kier alpha value is -1.28. The van der Waals surface area contributed by atoms with Crippen LogP contribution in [0.3, 0.4) is 0 Å². The molecule has 1 N–H and O–H groups in total. The topological polar surface area (TPSA) is 54.4 Å². The van der Waals surface area contributed by atoms with Crippen LogP contribution in [-0.2, 0) is 10.1 Å². The van der Waals surface area contributed by atoms with Gasteiger partial charge in [-0.3, -0.25) is 4.55 Å². The monoisotopic (exact) mass is 500 g/mol. The molecule has 2 unspecified atom stereocenters. The van der Waals surface area contributed by atoms with Gasteiger partial charge in [0.2, 0.25) is 0 Å². The van der Waals surface area contributed by atoms with Crippen LogP contribution in [0.25, 0.3) is 0 Å². The molecule has 0 saturated heterocycles. The highest BCUT2D eigenvalue weighted by atomic mass is 32.2. The molecule has 0 saturated carbocycles. The lowest BCUT2D eigenvalue weighted by molar-refractivity contribution is -0.450. The maximum absolute atomic E-state index is 14.1. The van der Waals surface area contributed by atoms with Crippen LogP contribution in [0.15, 0.2) is 0 Å². The van der Waals surface area contributed by atoms with Crippen LogP contribution in [0.5, 0.6) is 0 Å². The molecule has 3 nitrogen and oxygen atoms in total. The minimum atomic E-state index is -9.35. The first-order chi connectivity index (χ1) is 12.0. The van der Waals surface area contributed by atoms with Crippen LogP contribution < -0.4 is 0 Å². The summed E-state index contributed by atoms with van der Waals surface area (Å²) in [5.74, 6) is -26.8. The average Bonchev–Trinajstić information content (AvgIpc) is 2.39. The van der Waals surface area contributed by atoms with E-state index in [0.717, 1.165) is 0 Å². The van der Waals surface area contributed by atoms with Gasteiger partial charge in [-0.05, 0) is 0 Å². The Morgan fingerprint density at radius 2 is 0.724 bits per heavy atom. The van der Waals surface area contributed by atoms with Gasteiger partial charge in [0.1, 0.15) is 0 Å². The third-order valence-corrected chi connectivity index (χ3v) is 4.36. The van der Waals surface area contributed by atoms with Gasteiger partial charge in [-0.1, -0.05) is 0 Å². The first-order valence-corrected chi connectivity index (χ1v) is 7.12. The van der Waals surface area contributed by atoms with E-state index in [2.05, 4.69) is 0 Å². The van der Waals surface area contributed by atoms with E-state index in [1.807, 2.05) is 0 Å². The molecule has 0 heterocycles. The second-order valence-electron chi connectivity index (χ2n) is 4.95. The van der Waals surface area contributed by atoms with Crippen molar-refractivity contribution in [1.29, 1.82) is 0 Å². The summed E-state index contributed by atoms with van der Waals surface area (Å²) in [6, 6.07) is 0. The molecule has 0 rings (SSSR count). The van der Waals surface area contributed by atoms with Crippen molar-refractivity contribution < 1.29 is 87.6 Å². The van der Waals surface area contributed by atoms with Crippen molar-refractivity contribution in [3.63, 3.8) is 0 Å². The average molecular weight is 500 g/mol. The van der Waals surface area contributed by atoms with Crippen molar-refractivity contribution in [2.45, 2.75) is 47.0 Å². The SMILES string of the molecule is O=S(=O)(O)C(F)(C(F)(F)F)C(F)(C(F)(F)C(F)(F)F)C(F)(F)C(F)(F)C(F)(F)F. The van der Waals surface area contributed by atoms with E-state index in [-0.39, 0.29) is 0 Å². The van der Waals surface area contributed by atoms with E-state index in [4.69, 9.17) is 4.55 Å². The van der Waals surface area contributed by atoms with E-state index in [1.165, 1.54) is 0 Å². The van der Waals surface area contributed by atoms with Crippen molar-refractivity contribution in [3.05, 3.63) is 0 Å². The maximum atomic E-state index is 14.1. The van der Waals surface area contributed by atoms with E-state index in [0.29, 0.717) is 0 Å². The maximum Gasteiger partial charge on any atom is 0.460 e. The Kier molecular flexibility index (Phi) is 6.08. The first kappa shape index (κ1) is 27.7. The van der Waals surface area contributed by atoms with E-state index in [9.17, 15) is 83.1 Å². The number of alkyl halides is 17. The highest BCUT2D eigenvalue weighted by Crippen LogP contribution is 2.67. The highest BCUT2D eigenvalue weighted by molar-refractivity contribution is 7.87. The summed E-state index contributed by atoms with van der Waals surface area (Å²) >= 11 is 0. The zero-order chi connectivity index (χ0) is 24.5. The summed E-state index contributed by atoms with van der Waals surface area (Å²) < 4.78 is 245. The largest absolute Gasteiger partial charge is 0.460 e. The van der Waals surface area contributed by atoms with Gasteiger partial charge in [0.15, 0.2) is 0 Å². The molecule has 0 aromatic carbocycles. The second-order valence-corrected chi connectivity index (χ2v) is 6.46. The third-order valence-electron chi connectivity index (χ3n) is 3.13. The van der Waals surface area contributed by atoms with Crippen molar-refractivity contribution >= 4 is 10.1 Å².